The molecule has 0 bridgehead atoms. The van der Waals surface area contributed by atoms with Crippen LogP contribution in [-0.4, -0.2) is 15.2 Å². The fraction of sp³-hybridized carbons (Fsp3) is 0.167. The van der Waals surface area contributed by atoms with Crippen molar-refractivity contribution >= 4 is 45.7 Å². The molecule has 0 spiro atoms. The number of nitrogens with zero attached hydrogens (tertiary/aromatic N) is 2. The Hall–Kier alpha value is -2.09. The third-order valence-corrected chi connectivity index (χ3v) is 6.08. The Kier molecular flexibility index (Phi) is 4.84. The van der Waals surface area contributed by atoms with Gasteiger partial charge < -0.3 is 4.42 Å². The molecule has 3 aromatic heterocycles. The van der Waals surface area contributed by atoms with Crippen LogP contribution in [-0.2, 0) is 12.2 Å². The van der Waals surface area contributed by atoms with Gasteiger partial charge in [-0.25, -0.2) is 9.78 Å². The molecule has 4 rings (SSSR count). The summed E-state index contributed by atoms with van der Waals surface area (Å²) in [5, 5.41) is 11.4. The molecule has 0 aliphatic carbocycles. The highest BCUT2D eigenvalue weighted by atomic mass is 35.5. The highest BCUT2D eigenvalue weighted by molar-refractivity contribution is 7.98. The van der Waals surface area contributed by atoms with Gasteiger partial charge >= 0.3 is 5.63 Å². The fourth-order valence-corrected chi connectivity index (χ4v) is 4.29. The van der Waals surface area contributed by atoms with Crippen LogP contribution < -0.4 is 5.63 Å². The van der Waals surface area contributed by atoms with Gasteiger partial charge in [-0.2, -0.15) is 0 Å². The maximum absolute atomic E-state index is 11.8. The van der Waals surface area contributed by atoms with Crippen molar-refractivity contribution in [3.05, 3.63) is 73.0 Å². The lowest BCUT2D eigenvalue weighted by Crippen LogP contribution is -2.00. The van der Waals surface area contributed by atoms with E-state index in [2.05, 4.69) is 21.2 Å². The second-order valence-electron chi connectivity index (χ2n) is 5.80. The van der Waals surface area contributed by atoms with E-state index < -0.39 is 0 Å². The number of hydrogen-bond acceptors (Lipinski definition) is 6. The predicted octanol–water partition coefficient (Wildman–Crippen LogP) is 4.82. The predicted molar refractivity (Wildman–Crippen MR) is 105 cm³/mol. The van der Waals surface area contributed by atoms with Crippen LogP contribution in [0.4, 0.5) is 0 Å². The molecule has 0 amide bonds. The summed E-state index contributed by atoms with van der Waals surface area (Å²) >= 11 is 9.39. The zero-order valence-electron chi connectivity index (χ0n) is 13.8. The minimum absolute atomic E-state index is 0.372. The van der Waals surface area contributed by atoms with Gasteiger partial charge in [0, 0.05) is 33.5 Å². The summed E-state index contributed by atoms with van der Waals surface area (Å²) in [5.41, 5.74) is 1.90. The van der Waals surface area contributed by atoms with Crippen molar-refractivity contribution < 1.29 is 4.42 Å². The number of rotatable bonds is 5. The van der Waals surface area contributed by atoms with Gasteiger partial charge in [-0.1, -0.05) is 29.4 Å². The molecule has 3 heterocycles. The molecule has 26 heavy (non-hydrogen) atoms. The van der Waals surface area contributed by atoms with E-state index in [9.17, 15) is 4.79 Å². The minimum Gasteiger partial charge on any atom is -0.423 e. The Balaban J connectivity index is 1.55. The van der Waals surface area contributed by atoms with E-state index in [-0.39, 0.29) is 5.63 Å². The summed E-state index contributed by atoms with van der Waals surface area (Å²) in [6, 6.07) is 9.22. The summed E-state index contributed by atoms with van der Waals surface area (Å²) in [5.74, 6) is 1.38. The monoisotopic (exact) mass is 403 g/mol. The molecule has 5 nitrogen and oxygen atoms in total. The molecule has 0 aliphatic rings. The largest absolute Gasteiger partial charge is 0.423 e. The van der Waals surface area contributed by atoms with Crippen LogP contribution in [0.5, 0.6) is 0 Å². The summed E-state index contributed by atoms with van der Waals surface area (Å²) in [6.07, 6.45) is 0.734. The number of fused-ring (bicyclic) bond motifs is 1. The van der Waals surface area contributed by atoms with Crippen LogP contribution >= 0.6 is 34.7 Å². The molecule has 132 valence electrons. The number of aryl methyl sites for hydroxylation is 1. The molecule has 0 fully saturated rings. The van der Waals surface area contributed by atoms with Crippen LogP contribution in [0.15, 0.2) is 50.1 Å². The first-order valence-corrected chi connectivity index (χ1v) is 10.1. The third kappa shape index (κ3) is 3.70. The van der Waals surface area contributed by atoms with Crippen molar-refractivity contribution in [2.45, 2.75) is 24.3 Å². The maximum Gasteiger partial charge on any atom is 0.336 e. The molecule has 0 unspecified atom stereocenters. The topological polar surface area (TPSA) is 71.8 Å². The highest BCUT2D eigenvalue weighted by Gasteiger charge is 2.11. The molecule has 4 aromatic rings. The molecule has 0 saturated carbocycles. The highest BCUT2D eigenvalue weighted by Crippen LogP contribution is 2.28. The van der Waals surface area contributed by atoms with Gasteiger partial charge in [0.15, 0.2) is 0 Å². The molecular weight excluding hydrogens is 390 g/mol. The van der Waals surface area contributed by atoms with E-state index in [1.807, 2.05) is 24.4 Å². The Labute approximate surface area is 162 Å². The molecule has 1 aromatic carbocycles. The first-order valence-electron chi connectivity index (χ1n) is 7.88. The SMILES string of the molecule is Cc1cc2oc(=O)cc(CSc3n[nH]c(Cc4cccs4)n3)c2cc1Cl. The summed E-state index contributed by atoms with van der Waals surface area (Å²) in [4.78, 5) is 17.6. The van der Waals surface area contributed by atoms with E-state index in [0.29, 0.717) is 21.5 Å². The molecule has 0 saturated heterocycles. The van der Waals surface area contributed by atoms with Crippen LogP contribution in [0, 0.1) is 6.92 Å². The van der Waals surface area contributed by atoms with Gasteiger partial charge in [0.1, 0.15) is 11.4 Å². The summed E-state index contributed by atoms with van der Waals surface area (Å²) in [7, 11) is 0. The molecule has 0 aliphatic heterocycles. The van der Waals surface area contributed by atoms with Crippen molar-refractivity contribution in [1.82, 2.24) is 15.2 Å². The van der Waals surface area contributed by atoms with Gasteiger partial charge in [-0.15, -0.1) is 16.4 Å². The Bertz CT molecular complexity index is 1120. The van der Waals surface area contributed by atoms with Crippen molar-refractivity contribution in [3.8, 4) is 0 Å². The zero-order chi connectivity index (χ0) is 18.1. The van der Waals surface area contributed by atoms with E-state index in [4.69, 9.17) is 16.0 Å². The number of halogens is 1. The number of thioether (sulfide) groups is 1. The number of benzene rings is 1. The zero-order valence-corrected chi connectivity index (χ0v) is 16.2. The number of H-pyrrole nitrogens is 1. The Morgan fingerprint density at radius 1 is 1.35 bits per heavy atom. The number of hydrogen-bond donors (Lipinski definition) is 1. The summed E-state index contributed by atoms with van der Waals surface area (Å²) in [6.45, 7) is 1.88. The normalized spacial score (nSPS) is 11.3. The lowest BCUT2D eigenvalue weighted by molar-refractivity contribution is 0.559. The van der Waals surface area contributed by atoms with Crippen molar-refractivity contribution in [2.75, 3.05) is 0 Å². The van der Waals surface area contributed by atoms with Gasteiger partial charge in [0.2, 0.25) is 5.16 Å². The number of aromatic nitrogens is 3. The number of thiophene rings is 1. The molecule has 0 atom stereocenters. The third-order valence-electron chi connectivity index (χ3n) is 3.90. The Morgan fingerprint density at radius 2 is 2.23 bits per heavy atom. The molecular formula is C18H14ClN3O2S2. The average molecular weight is 404 g/mol. The molecule has 0 radical (unpaired) electrons. The van der Waals surface area contributed by atoms with E-state index in [1.54, 1.807) is 17.4 Å². The van der Waals surface area contributed by atoms with Gasteiger partial charge in [-0.3, -0.25) is 5.10 Å². The first kappa shape index (κ1) is 17.3. The number of nitrogens with one attached hydrogen (secondary N) is 1. The average Bonchev–Trinajstić information content (AvgIpc) is 3.27. The van der Waals surface area contributed by atoms with Crippen LogP contribution in [0.1, 0.15) is 21.8 Å². The minimum atomic E-state index is -0.372. The second kappa shape index (κ2) is 7.26. The first-order chi connectivity index (χ1) is 12.6. The lowest BCUT2D eigenvalue weighted by atomic mass is 10.1. The maximum atomic E-state index is 11.8. The van der Waals surface area contributed by atoms with Crippen molar-refractivity contribution in [2.24, 2.45) is 0 Å². The van der Waals surface area contributed by atoms with Crippen LogP contribution in [0.3, 0.4) is 0 Å². The number of aromatic amines is 1. The standard InChI is InChI=1S/C18H14ClN3O2S2/c1-10-5-15-13(8-14(10)19)11(6-17(23)24-15)9-26-18-20-16(21-22-18)7-12-3-2-4-25-12/h2-6,8H,7,9H2,1H3,(H,20,21,22). The Morgan fingerprint density at radius 3 is 3.04 bits per heavy atom. The quantitative estimate of drug-likeness (QED) is 0.382. The second-order valence-corrected chi connectivity index (χ2v) is 8.18. The van der Waals surface area contributed by atoms with E-state index >= 15 is 0 Å². The van der Waals surface area contributed by atoms with E-state index in [0.717, 1.165) is 28.8 Å². The van der Waals surface area contributed by atoms with Crippen LogP contribution in [0.25, 0.3) is 11.0 Å². The van der Waals surface area contributed by atoms with Crippen molar-refractivity contribution in [3.63, 3.8) is 0 Å². The van der Waals surface area contributed by atoms with Gasteiger partial charge in [0.05, 0.1) is 0 Å². The fourth-order valence-electron chi connectivity index (χ4n) is 2.61. The molecule has 8 heteroatoms. The summed E-state index contributed by atoms with van der Waals surface area (Å²) < 4.78 is 5.29. The van der Waals surface area contributed by atoms with Crippen molar-refractivity contribution in [1.29, 1.82) is 0 Å². The van der Waals surface area contributed by atoms with Gasteiger partial charge in [0.25, 0.3) is 0 Å². The molecule has 1 N–H and O–H groups in total. The van der Waals surface area contributed by atoms with Crippen LogP contribution in [0.2, 0.25) is 5.02 Å². The van der Waals surface area contributed by atoms with Gasteiger partial charge in [-0.05, 0) is 41.6 Å². The lowest BCUT2D eigenvalue weighted by Gasteiger charge is -2.06. The smallest absolute Gasteiger partial charge is 0.336 e. The van der Waals surface area contributed by atoms with E-state index in [1.165, 1.54) is 22.7 Å².